The monoisotopic (exact) mass is 311 g/mol. The van der Waals surface area contributed by atoms with Crippen LogP contribution in [0.2, 0.25) is 0 Å². The molecule has 1 atom stereocenters. The fourth-order valence-electron chi connectivity index (χ4n) is 1.88. The van der Waals surface area contributed by atoms with Gasteiger partial charge in [-0.05, 0) is 6.92 Å². The highest BCUT2D eigenvalue weighted by molar-refractivity contribution is 7.88. The topological polar surface area (TPSA) is 104 Å². The van der Waals surface area contributed by atoms with Crippen LogP contribution < -0.4 is 0 Å². The molecular weight excluding hydrogens is 294 g/mol. The van der Waals surface area contributed by atoms with Crippen LogP contribution in [0.3, 0.4) is 0 Å². The van der Waals surface area contributed by atoms with Crippen LogP contribution in [0.4, 0.5) is 5.69 Å². The van der Waals surface area contributed by atoms with E-state index in [9.17, 15) is 18.5 Å². The standard InChI is InChI=1S/C13H17N3O4S/c1-3-15(9-11(2)8-14)21(19,20)10-12-6-4-5-7-13(12)16(17)18/h4-7,11H,3,9-10H2,1-2H3. The predicted octanol–water partition coefficient (Wildman–Crippen LogP) is 1.91. The van der Waals surface area contributed by atoms with Crippen LogP contribution >= 0.6 is 0 Å². The number of rotatable bonds is 7. The molecule has 0 N–H and O–H groups in total. The molecule has 0 amide bonds. The van der Waals surface area contributed by atoms with Gasteiger partial charge >= 0.3 is 0 Å². The molecule has 7 nitrogen and oxygen atoms in total. The number of hydrogen-bond donors (Lipinski definition) is 0. The summed E-state index contributed by atoms with van der Waals surface area (Å²) >= 11 is 0. The van der Waals surface area contributed by atoms with E-state index in [1.54, 1.807) is 19.9 Å². The number of nitro benzene ring substituents is 1. The Morgan fingerprint density at radius 2 is 2.05 bits per heavy atom. The van der Waals surface area contributed by atoms with E-state index in [-0.39, 0.29) is 24.3 Å². The van der Waals surface area contributed by atoms with Crippen LogP contribution in [-0.4, -0.2) is 30.7 Å². The van der Waals surface area contributed by atoms with E-state index in [0.717, 1.165) is 0 Å². The van der Waals surface area contributed by atoms with Gasteiger partial charge in [0.05, 0.1) is 22.7 Å². The van der Waals surface area contributed by atoms with Gasteiger partial charge in [-0.3, -0.25) is 10.1 Å². The molecule has 0 aliphatic carbocycles. The summed E-state index contributed by atoms with van der Waals surface area (Å²) in [5.41, 5.74) is -0.0731. The minimum atomic E-state index is -3.71. The van der Waals surface area contributed by atoms with Crippen molar-refractivity contribution in [1.82, 2.24) is 4.31 Å². The van der Waals surface area contributed by atoms with Gasteiger partial charge in [-0.25, -0.2) is 12.7 Å². The maximum absolute atomic E-state index is 12.4. The first-order valence-electron chi connectivity index (χ1n) is 6.41. The lowest BCUT2D eigenvalue weighted by Crippen LogP contribution is -2.35. The summed E-state index contributed by atoms with van der Waals surface area (Å²) in [4.78, 5) is 10.3. The maximum Gasteiger partial charge on any atom is 0.273 e. The molecule has 8 heteroatoms. The molecule has 21 heavy (non-hydrogen) atoms. The fraction of sp³-hybridized carbons (Fsp3) is 0.462. The number of nitro groups is 1. The van der Waals surface area contributed by atoms with E-state index >= 15 is 0 Å². The van der Waals surface area contributed by atoms with Crippen molar-refractivity contribution >= 4 is 15.7 Å². The summed E-state index contributed by atoms with van der Waals surface area (Å²) in [6.45, 7) is 3.59. The molecule has 114 valence electrons. The Labute approximate surface area is 124 Å². The quantitative estimate of drug-likeness (QED) is 0.565. The summed E-state index contributed by atoms with van der Waals surface area (Å²) in [5.74, 6) is -0.888. The van der Waals surface area contributed by atoms with Crippen LogP contribution in [-0.2, 0) is 15.8 Å². The highest BCUT2D eigenvalue weighted by atomic mass is 32.2. The van der Waals surface area contributed by atoms with Gasteiger partial charge in [0.2, 0.25) is 10.0 Å². The summed E-state index contributed by atoms with van der Waals surface area (Å²) < 4.78 is 25.9. The summed E-state index contributed by atoms with van der Waals surface area (Å²) in [5, 5.41) is 19.7. The smallest absolute Gasteiger partial charge is 0.258 e. The molecule has 0 bridgehead atoms. The molecule has 0 fully saturated rings. The van der Waals surface area contributed by atoms with Crippen molar-refractivity contribution < 1.29 is 13.3 Å². The largest absolute Gasteiger partial charge is 0.273 e. The van der Waals surface area contributed by atoms with Gasteiger partial charge < -0.3 is 0 Å². The Morgan fingerprint density at radius 1 is 1.43 bits per heavy atom. The molecule has 0 saturated carbocycles. The van der Waals surface area contributed by atoms with E-state index in [1.165, 1.54) is 22.5 Å². The zero-order valence-electron chi connectivity index (χ0n) is 11.9. The normalized spacial score (nSPS) is 12.9. The minimum Gasteiger partial charge on any atom is -0.258 e. The van der Waals surface area contributed by atoms with Crippen molar-refractivity contribution in [2.24, 2.45) is 5.92 Å². The van der Waals surface area contributed by atoms with Crippen LogP contribution in [0.1, 0.15) is 19.4 Å². The molecule has 1 rings (SSSR count). The molecular formula is C13H17N3O4S. The number of nitriles is 1. The molecule has 1 unspecified atom stereocenters. The Morgan fingerprint density at radius 3 is 2.57 bits per heavy atom. The van der Waals surface area contributed by atoms with Crippen molar-refractivity contribution in [2.45, 2.75) is 19.6 Å². The van der Waals surface area contributed by atoms with Crippen molar-refractivity contribution in [3.8, 4) is 6.07 Å². The van der Waals surface area contributed by atoms with Crippen LogP contribution in [0.25, 0.3) is 0 Å². The third-order valence-electron chi connectivity index (χ3n) is 2.97. The SMILES string of the molecule is CCN(CC(C)C#N)S(=O)(=O)Cc1ccccc1[N+](=O)[O-]. The maximum atomic E-state index is 12.4. The Bertz CT molecular complexity index is 652. The highest BCUT2D eigenvalue weighted by Gasteiger charge is 2.26. The number of nitrogens with zero attached hydrogens (tertiary/aromatic N) is 3. The molecule has 1 aromatic rings. The van der Waals surface area contributed by atoms with Crippen LogP contribution in [0.15, 0.2) is 24.3 Å². The van der Waals surface area contributed by atoms with Gasteiger partial charge in [0, 0.05) is 24.7 Å². The second-order valence-electron chi connectivity index (χ2n) is 4.62. The van der Waals surface area contributed by atoms with Gasteiger partial charge in [0.25, 0.3) is 5.69 Å². The lowest BCUT2D eigenvalue weighted by Gasteiger charge is -2.21. The Balaban J connectivity index is 3.05. The molecule has 0 heterocycles. The van der Waals surface area contributed by atoms with Crippen LogP contribution in [0.5, 0.6) is 0 Å². The van der Waals surface area contributed by atoms with E-state index in [0.29, 0.717) is 0 Å². The second kappa shape index (κ2) is 7.15. The summed E-state index contributed by atoms with van der Waals surface area (Å²) in [6, 6.07) is 7.74. The van der Waals surface area contributed by atoms with Gasteiger partial charge in [0.15, 0.2) is 0 Å². The van der Waals surface area contributed by atoms with E-state index < -0.39 is 26.6 Å². The third kappa shape index (κ3) is 4.51. The van der Waals surface area contributed by atoms with E-state index in [1.807, 2.05) is 6.07 Å². The average molecular weight is 311 g/mol. The Hall–Kier alpha value is -1.98. The van der Waals surface area contributed by atoms with Gasteiger partial charge in [-0.15, -0.1) is 0 Å². The molecule has 1 aromatic carbocycles. The molecule has 0 spiro atoms. The zero-order valence-corrected chi connectivity index (χ0v) is 12.7. The number of sulfonamides is 1. The Kier molecular flexibility index (Phi) is 5.81. The number of benzene rings is 1. The molecule has 0 aliphatic heterocycles. The average Bonchev–Trinajstić information content (AvgIpc) is 2.44. The molecule has 0 saturated heterocycles. The lowest BCUT2D eigenvalue weighted by atomic mass is 10.2. The van der Waals surface area contributed by atoms with Crippen LogP contribution in [0, 0.1) is 27.4 Å². The molecule has 0 aliphatic rings. The predicted molar refractivity (Wildman–Crippen MR) is 77.7 cm³/mol. The minimum absolute atomic E-state index is 0.0793. The van der Waals surface area contributed by atoms with Gasteiger partial charge in [-0.1, -0.05) is 25.1 Å². The summed E-state index contributed by atoms with van der Waals surface area (Å²) in [7, 11) is -3.71. The first-order chi connectivity index (χ1) is 9.81. The molecule has 0 aromatic heterocycles. The summed E-state index contributed by atoms with van der Waals surface area (Å²) in [6.07, 6.45) is 0. The van der Waals surface area contributed by atoms with Crippen molar-refractivity contribution in [1.29, 1.82) is 5.26 Å². The molecule has 0 radical (unpaired) electrons. The number of hydrogen-bond acceptors (Lipinski definition) is 5. The van der Waals surface area contributed by atoms with E-state index in [4.69, 9.17) is 5.26 Å². The van der Waals surface area contributed by atoms with Gasteiger partial charge in [-0.2, -0.15) is 5.26 Å². The second-order valence-corrected chi connectivity index (χ2v) is 6.59. The van der Waals surface area contributed by atoms with Crippen molar-refractivity contribution in [3.05, 3.63) is 39.9 Å². The first kappa shape index (κ1) is 17.1. The van der Waals surface area contributed by atoms with Crippen molar-refractivity contribution in [3.63, 3.8) is 0 Å². The zero-order chi connectivity index (χ0) is 16.0. The van der Waals surface area contributed by atoms with Gasteiger partial charge in [0.1, 0.15) is 0 Å². The first-order valence-corrected chi connectivity index (χ1v) is 8.02. The van der Waals surface area contributed by atoms with Crippen molar-refractivity contribution in [2.75, 3.05) is 13.1 Å². The lowest BCUT2D eigenvalue weighted by molar-refractivity contribution is -0.385. The third-order valence-corrected chi connectivity index (χ3v) is 4.84. The highest BCUT2D eigenvalue weighted by Crippen LogP contribution is 2.22. The fourth-order valence-corrected chi connectivity index (χ4v) is 3.55. The number of para-hydroxylation sites is 1. The van der Waals surface area contributed by atoms with E-state index in [2.05, 4.69) is 0 Å².